The summed E-state index contributed by atoms with van der Waals surface area (Å²) in [5, 5.41) is 0. The molecule has 8 heteroatoms. The third-order valence-electron chi connectivity index (χ3n) is 3.90. The fraction of sp³-hybridized carbons (Fsp3) is 0.333. The van der Waals surface area contributed by atoms with Crippen LogP contribution in [0.5, 0.6) is 0 Å². The number of carbonyl (C=O) groups is 2. The Kier molecular flexibility index (Phi) is 5.01. The second kappa shape index (κ2) is 7.38. The van der Waals surface area contributed by atoms with Gasteiger partial charge in [0.25, 0.3) is 0 Å². The summed E-state index contributed by atoms with van der Waals surface area (Å²) in [5.41, 5.74) is 8.73. The van der Waals surface area contributed by atoms with Crippen molar-refractivity contribution in [3.8, 4) is 0 Å². The Morgan fingerprint density at radius 3 is 2.50 bits per heavy atom. The summed E-state index contributed by atoms with van der Waals surface area (Å²) in [4.78, 5) is 32.5. The molecule has 0 saturated carbocycles. The number of nitrogens with zero attached hydrogens (tertiary/aromatic N) is 3. The van der Waals surface area contributed by atoms with Crippen molar-refractivity contribution < 1.29 is 19.1 Å². The van der Waals surface area contributed by atoms with E-state index in [4.69, 9.17) is 15.2 Å². The number of carbonyl (C=O) groups excluding carboxylic acids is 2. The highest BCUT2D eigenvalue weighted by atomic mass is 16.5. The van der Waals surface area contributed by atoms with Crippen LogP contribution < -0.4 is 5.73 Å². The molecule has 0 saturated heterocycles. The molecule has 0 fully saturated rings. The number of ether oxygens (including phenoxy) is 2. The number of nitrogen functional groups attached to an aromatic ring is 1. The zero-order chi connectivity index (χ0) is 18.7. The van der Waals surface area contributed by atoms with E-state index in [1.54, 1.807) is 11.5 Å². The molecular weight excluding hydrogens is 336 g/mol. The van der Waals surface area contributed by atoms with Gasteiger partial charge in [-0.3, -0.25) is 4.79 Å². The third-order valence-corrected chi connectivity index (χ3v) is 3.90. The van der Waals surface area contributed by atoms with Crippen molar-refractivity contribution in [3.63, 3.8) is 0 Å². The lowest BCUT2D eigenvalue weighted by molar-refractivity contribution is -0.141. The second-order valence-corrected chi connectivity index (χ2v) is 5.71. The maximum absolute atomic E-state index is 12.4. The highest BCUT2D eigenvalue weighted by molar-refractivity contribution is 6.08. The van der Waals surface area contributed by atoms with Crippen molar-refractivity contribution in [2.45, 2.75) is 26.8 Å². The smallest absolute Gasteiger partial charge is 0.344 e. The van der Waals surface area contributed by atoms with Crippen LogP contribution in [0.15, 0.2) is 24.3 Å². The molecule has 0 unspecified atom stereocenters. The summed E-state index contributed by atoms with van der Waals surface area (Å²) in [5.74, 6) is -0.622. The average Bonchev–Trinajstić information content (AvgIpc) is 2.87. The highest BCUT2D eigenvalue weighted by Crippen LogP contribution is 2.28. The monoisotopic (exact) mass is 356 g/mol. The SMILES string of the molecule is CCOC(=O)c1c(N)n(CCCOC(C)=O)c2nc3ccccc3nc12. The van der Waals surface area contributed by atoms with Gasteiger partial charge in [0.2, 0.25) is 0 Å². The van der Waals surface area contributed by atoms with Gasteiger partial charge >= 0.3 is 11.9 Å². The van der Waals surface area contributed by atoms with E-state index in [1.165, 1.54) is 6.92 Å². The molecule has 0 radical (unpaired) electrons. The minimum Gasteiger partial charge on any atom is -0.466 e. The summed E-state index contributed by atoms with van der Waals surface area (Å²) >= 11 is 0. The quantitative estimate of drug-likeness (QED) is 0.533. The van der Waals surface area contributed by atoms with Gasteiger partial charge in [0, 0.05) is 13.5 Å². The summed E-state index contributed by atoms with van der Waals surface area (Å²) in [6.45, 7) is 4.01. The van der Waals surface area contributed by atoms with Crippen LogP contribution in [0.2, 0.25) is 0 Å². The number of anilines is 1. The van der Waals surface area contributed by atoms with Crippen LogP contribution in [-0.2, 0) is 20.8 Å². The van der Waals surface area contributed by atoms with E-state index in [0.717, 1.165) is 0 Å². The number of esters is 2. The number of para-hydroxylation sites is 2. The molecule has 2 heterocycles. The topological polar surface area (TPSA) is 109 Å². The van der Waals surface area contributed by atoms with Gasteiger partial charge in [-0.1, -0.05) is 12.1 Å². The van der Waals surface area contributed by atoms with E-state index in [-0.39, 0.29) is 30.6 Å². The van der Waals surface area contributed by atoms with Crippen LogP contribution in [0, 0.1) is 0 Å². The molecule has 8 nitrogen and oxygen atoms in total. The number of benzene rings is 1. The number of hydrogen-bond acceptors (Lipinski definition) is 7. The Balaban J connectivity index is 2.09. The minimum atomic E-state index is -0.529. The van der Waals surface area contributed by atoms with Crippen molar-refractivity contribution in [2.24, 2.45) is 0 Å². The Hall–Kier alpha value is -3.16. The van der Waals surface area contributed by atoms with Crippen LogP contribution in [0.25, 0.3) is 22.2 Å². The molecule has 2 N–H and O–H groups in total. The maximum Gasteiger partial charge on any atom is 0.344 e. The molecule has 0 aliphatic heterocycles. The number of aryl methyl sites for hydroxylation is 1. The molecule has 0 spiro atoms. The lowest BCUT2D eigenvalue weighted by Gasteiger charge is -2.08. The first kappa shape index (κ1) is 17.7. The maximum atomic E-state index is 12.4. The summed E-state index contributed by atoms with van der Waals surface area (Å²) in [6, 6.07) is 7.39. The predicted molar refractivity (Wildman–Crippen MR) is 96.7 cm³/mol. The summed E-state index contributed by atoms with van der Waals surface area (Å²) < 4.78 is 11.8. The lowest BCUT2D eigenvalue weighted by Crippen LogP contribution is -2.11. The normalized spacial score (nSPS) is 11.0. The van der Waals surface area contributed by atoms with Crippen molar-refractivity contribution in [2.75, 3.05) is 18.9 Å². The average molecular weight is 356 g/mol. The van der Waals surface area contributed by atoms with E-state index >= 15 is 0 Å². The molecule has 3 aromatic rings. The van der Waals surface area contributed by atoms with Gasteiger partial charge in [-0.25, -0.2) is 14.8 Å². The van der Waals surface area contributed by atoms with E-state index in [0.29, 0.717) is 35.2 Å². The standard InChI is InChI=1S/C18H20N4O4/c1-3-25-18(24)14-15-17(21-13-8-5-4-7-12(13)20-15)22(16(14)19)9-6-10-26-11(2)23/h4-5,7-8H,3,6,9-10,19H2,1-2H3. The zero-order valence-electron chi connectivity index (χ0n) is 14.7. The van der Waals surface area contributed by atoms with Crippen LogP contribution >= 0.6 is 0 Å². The molecule has 26 heavy (non-hydrogen) atoms. The van der Waals surface area contributed by atoms with Crippen molar-refractivity contribution in [1.82, 2.24) is 14.5 Å². The molecule has 136 valence electrons. The first-order valence-corrected chi connectivity index (χ1v) is 8.37. The Labute approximate surface area is 149 Å². The second-order valence-electron chi connectivity index (χ2n) is 5.71. The molecule has 0 bridgehead atoms. The number of rotatable bonds is 6. The zero-order valence-corrected chi connectivity index (χ0v) is 14.7. The lowest BCUT2D eigenvalue weighted by atomic mass is 10.2. The minimum absolute atomic E-state index is 0.215. The van der Waals surface area contributed by atoms with Crippen LogP contribution in [0.1, 0.15) is 30.6 Å². The molecule has 3 rings (SSSR count). The van der Waals surface area contributed by atoms with E-state index in [1.807, 2.05) is 24.3 Å². The first-order valence-electron chi connectivity index (χ1n) is 8.37. The van der Waals surface area contributed by atoms with Crippen molar-refractivity contribution in [3.05, 3.63) is 29.8 Å². The molecule has 0 amide bonds. The first-order chi connectivity index (χ1) is 12.5. The van der Waals surface area contributed by atoms with Gasteiger partial charge in [0.15, 0.2) is 5.65 Å². The summed E-state index contributed by atoms with van der Waals surface area (Å²) in [7, 11) is 0. The van der Waals surface area contributed by atoms with Gasteiger partial charge in [-0.15, -0.1) is 0 Å². The van der Waals surface area contributed by atoms with Gasteiger partial charge in [-0.05, 0) is 25.5 Å². The molecule has 0 atom stereocenters. The Bertz CT molecular complexity index is 980. The summed E-state index contributed by atoms with van der Waals surface area (Å²) in [6.07, 6.45) is 0.532. The number of aromatic nitrogens is 3. The highest BCUT2D eigenvalue weighted by Gasteiger charge is 2.24. The van der Waals surface area contributed by atoms with E-state index in [9.17, 15) is 9.59 Å². The van der Waals surface area contributed by atoms with Gasteiger partial charge < -0.3 is 19.8 Å². The predicted octanol–water partition coefficient (Wildman–Crippen LogP) is 2.30. The molecule has 0 aliphatic carbocycles. The molecule has 2 aromatic heterocycles. The third kappa shape index (κ3) is 3.30. The molecule has 1 aromatic carbocycles. The van der Waals surface area contributed by atoms with Gasteiger partial charge in [0.1, 0.15) is 16.9 Å². The van der Waals surface area contributed by atoms with Gasteiger partial charge in [0.05, 0.1) is 24.2 Å². The van der Waals surface area contributed by atoms with Crippen LogP contribution in [-0.4, -0.2) is 39.7 Å². The van der Waals surface area contributed by atoms with Crippen molar-refractivity contribution in [1.29, 1.82) is 0 Å². The number of fused-ring (bicyclic) bond motifs is 2. The fourth-order valence-corrected chi connectivity index (χ4v) is 2.79. The molecule has 0 aliphatic rings. The van der Waals surface area contributed by atoms with E-state index in [2.05, 4.69) is 9.97 Å². The number of nitrogens with two attached hydrogens (primary N) is 1. The largest absolute Gasteiger partial charge is 0.466 e. The van der Waals surface area contributed by atoms with E-state index < -0.39 is 5.97 Å². The van der Waals surface area contributed by atoms with Crippen LogP contribution in [0.3, 0.4) is 0 Å². The van der Waals surface area contributed by atoms with Crippen LogP contribution in [0.4, 0.5) is 5.82 Å². The van der Waals surface area contributed by atoms with Gasteiger partial charge in [-0.2, -0.15) is 0 Å². The number of hydrogen-bond donors (Lipinski definition) is 1. The fourth-order valence-electron chi connectivity index (χ4n) is 2.79. The Morgan fingerprint density at radius 2 is 1.85 bits per heavy atom. The Morgan fingerprint density at radius 1 is 1.15 bits per heavy atom. The molecular formula is C18H20N4O4. The van der Waals surface area contributed by atoms with Crippen molar-refractivity contribution >= 4 is 40.0 Å².